The monoisotopic (exact) mass is 317 g/mol. The van der Waals surface area contributed by atoms with E-state index in [0.29, 0.717) is 23.7 Å². The molecular weight excluding hydrogens is 298 g/mol. The Balaban J connectivity index is 1.89. The fourth-order valence-electron chi connectivity index (χ4n) is 1.68. The average Bonchev–Trinajstić information content (AvgIpc) is 2.98. The number of hydrogen-bond acceptors (Lipinski definition) is 4. The lowest BCUT2D eigenvalue weighted by Crippen LogP contribution is -2.19. The number of carbonyl (C=O) groups is 2. The Morgan fingerprint density at radius 2 is 1.87 bits per heavy atom. The second-order valence-corrected chi connectivity index (χ2v) is 5.26. The maximum absolute atomic E-state index is 11.8. The molecule has 0 atom stereocenters. The number of nitrogens with one attached hydrogen (secondary N) is 4. The molecule has 0 saturated carbocycles. The molecule has 0 unspecified atom stereocenters. The van der Waals surface area contributed by atoms with Gasteiger partial charge in [0.2, 0.25) is 0 Å². The molecule has 122 valence electrons. The first-order valence-electron chi connectivity index (χ1n) is 7.13. The SMILES string of the molecule is CC(C)COC(=O)Nc1cccc(NC(=O)Nc2cn[nH]c2)c1. The van der Waals surface area contributed by atoms with E-state index in [1.54, 1.807) is 30.5 Å². The third-order valence-corrected chi connectivity index (χ3v) is 2.67. The minimum absolute atomic E-state index is 0.264. The van der Waals surface area contributed by atoms with Crippen LogP contribution in [0.4, 0.5) is 26.7 Å². The van der Waals surface area contributed by atoms with Crippen LogP contribution in [0, 0.1) is 5.92 Å². The zero-order valence-corrected chi connectivity index (χ0v) is 12.9. The molecule has 2 rings (SSSR count). The van der Waals surface area contributed by atoms with Crippen molar-refractivity contribution in [1.82, 2.24) is 10.2 Å². The van der Waals surface area contributed by atoms with Gasteiger partial charge >= 0.3 is 12.1 Å². The number of aromatic nitrogens is 2. The van der Waals surface area contributed by atoms with Crippen LogP contribution >= 0.6 is 0 Å². The first-order valence-corrected chi connectivity index (χ1v) is 7.13. The second-order valence-electron chi connectivity index (χ2n) is 5.26. The third-order valence-electron chi connectivity index (χ3n) is 2.67. The van der Waals surface area contributed by atoms with Crippen LogP contribution in [0.15, 0.2) is 36.7 Å². The highest BCUT2D eigenvalue weighted by Crippen LogP contribution is 2.16. The van der Waals surface area contributed by atoms with E-state index in [9.17, 15) is 9.59 Å². The Morgan fingerprint density at radius 3 is 2.52 bits per heavy atom. The van der Waals surface area contributed by atoms with Gasteiger partial charge in [-0.25, -0.2) is 9.59 Å². The Bertz CT molecular complexity index is 655. The number of benzene rings is 1. The van der Waals surface area contributed by atoms with E-state index in [2.05, 4.69) is 26.1 Å². The van der Waals surface area contributed by atoms with Crippen molar-refractivity contribution in [2.75, 3.05) is 22.6 Å². The Morgan fingerprint density at radius 1 is 1.17 bits per heavy atom. The van der Waals surface area contributed by atoms with Gasteiger partial charge in [0.25, 0.3) is 0 Å². The van der Waals surface area contributed by atoms with Crippen molar-refractivity contribution in [3.63, 3.8) is 0 Å². The quantitative estimate of drug-likeness (QED) is 0.678. The van der Waals surface area contributed by atoms with E-state index in [4.69, 9.17) is 4.74 Å². The van der Waals surface area contributed by atoms with Crippen LogP contribution in [0.1, 0.15) is 13.8 Å². The van der Waals surface area contributed by atoms with Gasteiger partial charge in [0.05, 0.1) is 18.5 Å². The zero-order chi connectivity index (χ0) is 16.7. The largest absolute Gasteiger partial charge is 0.449 e. The number of nitrogens with zero attached hydrogens (tertiary/aromatic N) is 1. The molecule has 4 N–H and O–H groups in total. The Hall–Kier alpha value is -3.03. The first-order chi connectivity index (χ1) is 11.0. The van der Waals surface area contributed by atoms with Gasteiger partial charge in [-0.1, -0.05) is 19.9 Å². The first kappa shape index (κ1) is 16.3. The number of carbonyl (C=O) groups excluding carboxylic acids is 2. The number of aromatic amines is 1. The molecule has 8 heteroatoms. The molecule has 8 nitrogen and oxygen atoms in total. The topological polar surface area (TPSA) is 108 Å². The van der Waals surface area contributed by atoms with Gasteiger partial charge in [0, 0.05) is 17.6 Å². The predicted molar refractivity (Wildman–Crippen MR) is 87.5 cm³/mol. The number of urea groups is 1. The van der Waals surface area contributed by atoms with Crippen molar-refractivity contribution in [3.8, 4) is 0 Å². The van der Waals surface area contributed by atoms with Crippen LogP contribution in [0.25, 0.3) is 0 Å². The lowest BCUT2D eigenvalue weighted by molar-refractivity contribution is 0.147. The number of amides is 3. The standard InChI is InChI=1S/C15H19N5O3/c1-10(2)9-23-15(22)20-12-5-3-4-11(6-12)18-14(21)19-13-7-16-17-8-13/h3-8,10H,9H2,1-2H3,(H,16,17)(H,20,22)(H2,18,19,21). The van der Waals surface area contributed by atoms with E-state index in [1.165, 1.54) is 6.20 Å². The molecule has 0 aliphatic carbocycles. The fraction of sp³-hybridized carbons (Fsp3) is 0.267. The highest BCUT2D eigenvalue weighted by Gasteiger charge is 2.07. The van der Waals surface area contributed by atoms with Gasteiger partial charge in [0.15, 0.2) is 0 Å². The van der Waals surface area contributed by atoms with Crippen molar-refractivity contribution < 1.29 is 14.3 Å². The van der Waals surface area contributed by atoms with E-state index in [-0.39, 0.29) is 5.92 Å². The summed E-state index contributed by atoms with van der Waals surface area (Å²) < 4.78 is 5.04. The van der Waals surface area contributed by atoms with Gasteiger partial charge in [-0.2, -0.15) is 5.10 Å². The van der Waals surface area contributed by atoms with Crippen LogP contribution in [-0.2, 0) is 4.74 Å². The van der Waals surface area contributed by atoms with Crippen molar-refractivity contribution in [2.24, 2.45) is 5.92 Å². The number of rotatable bonds is 5. The number of H-pyrrole nitrogens is 1. The average molecular weight is 317 g/mol. The zero-order valence-electron chi connectivity index (χ0n) is 12.9. The van der Waals surface area contributed by atoms with Crippen LogP contribution in [0.3, 0.4) is 0 Å². The molecule has 0 aliphatic heterocycles. The summed E-state index contributed by atoms with van der Waals surface area (Å²) >= 11 is 0. The second kappa shape index (κ2) is 7.83. The Kier molecular flexibility index (Phi) is 5.56. The molecule has 1 heterocycles. The molecule has 0 saturated heterocycles. The van der Waals surface area contributed by atoms with Crippen LogP contribution in [-0.4, -0.2) is 28.9 Å². The van der Waals surface area contributed by atoms with E-state index in [1.807, 2.05) is 13.8 Å². The van der Waals surface area contributed by atoms with E-state index >= 15 is 0 Å². The molecule has 2 aromatic rings. The van der Waals surface area contributed by atoms with Gasteiger partial charge in [-0.15, -0.1) is 0 Å². The summed E-state index contributed by atoms with van der Waals surface area (Å²) in [4.78, 5) is 23.4. The van der Waals surface area contributed by atoms with E-state index < -0.39 is 12.1 Å². The lowest BCUT2D eigenvalue weighted by Gasteiger charge is -2.10. The summed E-state index contributed by atoms with van der Waals surface area (Å²) in [5.74, 6) is 0.264. The fourth-order valence-corrected chi connectivity index (χ4v) is 1.68. The summed E-state index contributed by atoms with van der Waals surface area (Å²) in [7, 11) is 0. The molecule has 23 heavy (non-hydrogen) atoms. The number of hydrogen-bond donors (Lipinski definition) is 4. The highest BCUT2D eigenvalue weighted by atomic mass is 16.5. The summed E-state index contributed by atoms with van der Waals surface area (Å²) in [5.41, 5.74) is 1.61. The molecule has 0 bridgehead atoms. The number of ether oxygens (including phenoxy) is 1. The van der Waals surface area contributed by atoms with E-state index in [0.717, 1.165) is 0 Å². The molecular formula is C15H19N5O3. The Labute approximate surface area is 133 Å². The predicted octanol–water partition coefficient (Wildman–Crippen LogP) is 3.26. The van der Waals surface area contributed by atoms with Crippen molar-refractivity contribution in [2.45, 2.75) is 13.8 Å². The van der Waals surface area contributed by atoms with Crippen LogP contribution in [0.2, 0.25) is 0 Å². The minimum Gasteiger partial charge on any atom is -0.449 e. The molecule has 0 spiro atoms. The summed E-state index contributed by atoms with van der Waals surface area (Å²) in [6, 6.07) is 6.35. The van der Waals surface area contributed by atoms with Gasteiger partial charge in [-0.05, 0) is 24.1 Å². The maximum atomic E-state index is 11.8. The van der Waals surface area contributed by atoms with Gasteiger partial charge < -0.3 is 15.4 Å². The summed E-state index contributed by atoms with van der Waals surface area (Å²) in [5, 5.41) is 14.2. The maximum Gasteiger partial charge on any atom is 0.411 e. The molecule has 1 aromatic carbocycles. The third kappa shape index (κ3) is 5.70. The van der Waals surface area contributed by atoms with Crippen molar-refractivity contribution in [1.29, 1.82) is 0 Å². The molecule has 0 fully saturated rings. The number of anilines is 3. The van der Waals surface area contributed by atoms with Crippen LogP contribution in [0.5, 0.6) is 0 Å². The molecule has 3 amide bonds. The molecule has 0 aliphatic rings. The smallest absolute Gasteiger partial charge is 0.411 e. The van der Waals surface area contributed by atoms with Crippen molar-refractivity contribution >= 4 is 29.2 Å². The summed E-state index contributed by atoms with van der Waals surface area (Å²) in [6.45, 7) is 4.25. The normalized spacial score (nSPS) is 10.2. The van der Waals surface area contributed by atoms with Gasteiger partial charge in [-0.3, -0.25) is 10.4 Å². The lowest BCUT2D eigenvalue weighted by atomic mass is 10.2. The van der Waals surface area contributed by atoms with Gasteiger partial charge in [0.1, 0.15) is 0 Å². The highest BCUT2D eigenvalue weighted by molar-refractivity contribution is 6.00. The minimum atomic E-state index is -0.529. The summed E-state index contributed by atoms with van der Waals surface area (Å²) in [6.07, 6.45) is 2.52. The molecule has 1 aromatic heterocycles. The van der Waals surface area contributed by atoms with Crippen LogP contribution < -0.4 is 16.0 Å². The van der Waals surface area contributed by atoms with Crippen molar-refractivity contribution in [3.05, 3.63) is 36.7 Å². The molecule has 0 radical (unpaired) electrons.